The van der Waals surface area contributed by atoms with Gasteiger partial charge in [0.2, 0.25) is 0 Å². The Morgan fingerprint density at radius 1 is 1.18 bits per heavy atom. The second-order valence-electron chi connectivity index (χ2n) is 5.30. The average Bonchev–Trinajstić information content (AvgIpc) is 2.55. The molecule has 1 atom stereocenters. The van der Waals surface area contributed by atoms with E-state index >= 15 is 0 Å². The lowest BCUT2D eigenvalue weighted by Crippen LogP contribution is -2.42. The third-order valence-corrected chi connectivity index (χ3v) is 3.74. The van der Waals surface area contributed by atoms with Gasteiger partial charge in [-0.05, 0) is 51.0 Å². The van der Waals surface area contributed by atoms with Gasteiger partial charge in [-0.15, -0.1) is 0 Å². The molecule has 1 fully saturated rings. The van der Waals surface area contributed by atoms with Gasteiger partial charge < -0.3 is 14.4 Å². The van der Waals surface area contributed by atoms with Crippen LogP contribution in [-0.2, 0) is 9.53 Å². The molecule has 1 aromatic rings. The predicted molar refractivity (Wildman–Crippen MR) is 82.9 cm³/mol. The molecule has 0 aliphatic carbocycles. The van der Waals surface area contributed by atoms with Gasteiger partial charge in [-0.3, -0.25) is 9.59 Å². The highest BCUT2D eigenvalue weighted by Gasteiger charge is 2.29. The minimum Gasteiger partial charge on any atom is -0.494 e. The quantitative estimate of drug-likeness (QED) is 0.784. The largest absolute Gasteiger partial charge is 0.494 e. The lowest BCUT2D eigenvalue weighted by molar-refractivity contribution is -0.149. The first-order chi connectivity index (χ1) is 10.7. The Hall–Kier alpha value is -2.04. The van der Waals surface area contributed by atoms with Crippen molar-refractivity contribution in [2.24, 2.45) is 5.92 Å². The Balaban J connectivity index is 2.00. The smallest absolute Gasteiger partial charge is 0.310 e. The molecule has 0 unspecified atom stereocenters. The van der Waals surface area contributed by atoms with Crippen molar-refractivity contribution in [2.45, 2.75) is 26.7 Å². The van der Waals surface area contributed by atoms with Crippen molar-refractivity contribution in [3.63, 3.8) is 0 Å². The van der Waals surface area contributed by atoms with Crippen LogP contribution in [0.4, 0.5) is 0 Å². The minimum absolute atomic E-state index is 0.0444. The second-order valence-corrected chi connectivity index (χ2v) is 5.30. The molecule has 0 bridgehead atoms. The molecular weight excluding hydrogens is 282 g/mol. The summed E-state index contributed by atoms with van der Waals surface area (Å²) in [4.78, 5) is 26.1. The summed E-state index contributed by atoms with van der Waals surface area (Å²) in [5, 5.41) is 0. The van der Waals surface area contributed by atoms with Crippen molar-refractivity contribution in [1.29, 1.82) is 0 Å². The molecule has 5 heteroatoms. The zero-order chi connectivity index (χ0) is 15.9. The van der Waals surface area contributed by atoms with Crippen molar-refractivity contribution in [3.8, 4) is 5.75 Å². The summed E-state index contributed by atoms with van der Waals surface area (Å²) in [7, 11) is 0. The molecule has 22 heavy (non-hydrogen) atoms. The third-order valence-electron chi connectivity index (χ3n) is 3.74. The van der Waals surface area contributed by atoms with Crippen molar-refractivity contribution in [1.82, 2.24) is 4.90 Å². The second kappa shape index (κ2) is 7.82. The van der Waals surface area contributed by atoms with Crippen molar-refractivity contribution in [3.05, 3.63) is 29.8 Å². The molecule has 0 spiro atoms. The van der Waals surface area contributed by atoms with Gasteiger partial charge in [0.1, 0.15) is 5.75 Å². The number of carbonyl (C=O) groups excluding carboxylic acids is 2. The number of amides is 1. The number of carbonyl (C=O) groups is 2. The Morgan fingerprint density at radius 2 is 1.91 bits per heavy atom. The van der Waals surface area contributed by atoms with E-state index in [1.54, 1.807) is 36.1 Å². The molecule has 1 heterocycles. The van der Waals surface area contributed by atoms with E-state index in [9.17, 15) is 9.59 Å². The topological polar surface area (TPSA) is 55.8 Å². The number of rotatable bonds is 5. The number of benzene rings is 1. The van der Waals surface area contributed by atoms with Crippen LogP contribution in [0, 0.1) is 5.92 Å². The van der Waals surface area contributed by atoms with E-state index in [2.05, 4.69) is 0 Å². The first-order valence-electron chi connectivity index (χ1n) is 7.84. The van der Waals surface area contributed by atoms with Gasteiger partial charge in [-0.25, -0.2) is 0 Å². The van der Waals surface area contributed by atoms with Gasteiger partial charge in [0.25, 0.3) is 5.91 Å². The van der Waals surface area contributed by atoms with Crippen molar-refractivity contribution >= 4 is 11.9 Å². The van der Waals surface area contributed by atoms with E-state index in [-0.39, 0.29) is 17.8 Å². The standard InChI is InChI=1S/C17H23NO4/c1-3-21-15-9-7-13(8-10-15)16(19)18-11-5-6-14(12-18)17(20)22-4-2/h7-10,14H,3-6,11-12H2,1-2H3/t14-/m1/s1. The maximum Gasteiger partial charge on any atom is 0.310 e. The molecule has 0 N–H and O–H groups in total. The van der Waals surface area contributed by atoms with Gasteiger partial charge >= 0.3 is 5.97 Å². The van der Waals surface area contributed by atoms with Crippen LogP contribution in [0.1, 0.15) is 37.0 Å². The highest BCUT2D eigenvalue weighted by atomic mass is 16.5. The average molecular weight is 305 g/mol. The highest BCUT2D eigenvalue weighted by Crippen LogP contribution is 2.21. The number of ether oxygens (including phenoxy) is 2. The lowest BCUT2D eigenvalue weighted by Gasteiger charge is -2.31. The van der Waals surface area contributed by atoms with Crippen LogP contribution in [-0.4, -0.2) is 43.1 Å². The molecule has 0 aromatic heterocycles. The van der Waals surface area contributed by atoms with E-state index in [0.29, 0.717) is 31.9 Å². The van der Waals surface area contributed by atoms with E-state index in [0.717, 1.165) is 18.6 Å². The first kappa shape index (κ1) is 16.3. The van der Waals surface area contributed by atoms with E-state index in [4.69, 9.17) is 9.47 Å². The monoisotopic (exact) mass is 305 g/mol. The van der Waals surface area contributed by atoms with Crippen LogP contribution in [0.5, 0.6) is 5.75 Å². The number of nitrogens with zero attached hydrogens (tertiary/aromatic N) is 1. The van der Waals surface area contributed by atoms with Gasteiger partial charge in [0, 0.05) is 18.7 Å². The molecular formula is C17H23NO4. The molecule has 1 saturated heterocycles. The minimum atomic E-state index is -0.208. The van der Waals surface area contributed by atoms with E-state index in [1.807, 2.05) is 6.92 Å². The number of hydrogen-bond acceptors (Lipinski definition) is 4. The maximum atomic E-state index is 12.5. The van der Waals surface area contributed by atoms with Crippen LogP contribution >= 0.6 is 0 Å². The number of hydrogen-bond donors (Lipinski definition) is 0. The Labute approximate surface area is 131 Å². The number of esters is 1. The van der Waals surface area contributed by atoms with Crippen LogP contribution in [0.3, 0.4) is 0 Å². The molecule has 2 rings (SSSR count). The van der Waals surface area contributed by atoms with Gasteiger partial charge in [0.15, 0.2) is 0 Å². The van der Waals surface area contributed by atoms with E-state index in [1.165, 1.54) is 0 Å². The summed E-state index contributed by atoms with van der Waals surface area (Å²) in [6.07, 6.45) is 1.61. The fraction of sp³-hybridized carbons (Fsp3) is 0.529. The molecule has 0 radical (unpaired) electrons. The van der Waals surface area contributed by atoms with Gasteiger partial charge in [-0.2, -0.15) is 0 Å². The summed E-state index contributed by atoms with van der Waals surface area (Å²) in [6, 6.07) is 7.12. The molecule has 1 aliphatic heterocycles. The van der Waals surface area contributed by atoms with Crippen molar-refractivity contribution < 1.29 is 19.1 Å². The summed E-state index contributed by atoms with van der Waals surface area (Å²) in [5.41, 5.74) is 0.618. The number of piperidine rings is 1. The molecule has 5 nitrogen and oxygen atoms in total. The van der Waals surface area contributed by atoms with Crippen LogP contribution < -0.4 is 4.74 Å². The van der Waals surface area contributed by atoms with Crippen LogP contribution in [0.25, 0.3) is 0 Å². The van der Waals surface area contributed by atoms with Gasteiger partial charge in [-0.1, -0.05) is 0 Å². The Morgan fingerprint density at radius 3 is 2.55 bits per heavy atom. The first-order valence-corrected chi connectivity index (χ1v) is 7.84. The summed E-state index contributed by atoms with van der Waals surface area (Å²) in [6.45, 7) is 5.81. The lowest BCUT2D eigenvalue weighted by atomic mass is 9.97. The number of likely N-dealkylation sites (tertiary alicyclic amines) is 1. The SMILES string of the molecule is CCOC(=O)[C@@H]1CCCN(C(=O)c2ccc(OCC)cc2)C1. The molecule has 1 amide bonds. The Bertz CT molecular complexity index is 512. The van der Waals surface area contributed by atoms with Crippen LogP contribution in [0.2, 0.25) is 0 Å². The molecule has 1 aliphatic rings. The molecule has 0 saturated carbocycles. The molecule has 120 valence electrons. The fourth-order valence-electron chi connectivity index (χ4n) is 2.66. The maximum absolute atomic E-state index is 12.5. The normalized spacial score (nSPS) is 17.9. The highest BCUT2D eigenvalue weighted by molar-refractivity contribution is 5.94. The van der Waals surface area contributed by atoms with Crippen molar-refractivity contribution in [2.75, 3.05) is 26.3 Å². The molecule has 1 aromatic carbocycles. The van der Waals surface area contributed by atoms with Crippen LogP contribution in [0.15, 0.2) is 24.3 Å². The Kier molecular flexibility index (Phi) is 5.81. The summed E-state index contributed by atoms with van der Waals surface area (Å²) in [5.74, 6) is 0.297. The third kappa shape index (κ3) is 4.00. The summed E-state index contributed by atoms with van der Waals surface area (Å²) >= 11 is 0. The van der Waals surface area contributed by atoms with Gasteiger partial charge in [0.05, 0.1) is 19.1 Å². The zero-order valence-electron chi connectivity index (χ0n) is 13.2. The summed E-state index contributed by atoms with van der Waals surface area (Å²) < 4.78 is 10.4. The zero-order valence-corrected chi connectivity index (χ0v) is 13.2. The predicted octanol–water partition coefficient (Wildman–Crippen LogP) is 2.50. The fourth-order valence-corrected chi connectivity index (χ4v) is 2.66. The van der Waals surface area contributed by atoms with E-state index < -0.39 is 0 Å².